The first-order chi connectivity index (χ1) is 11.0. The maximum Gasteiger partial charge on any atom is 0.237 e. The summed E-state index contributed by atoms with van der Waals surface area (Å²) in [6, 6.07) is 7.94. The molecule has 1 saturated heterocycles. The van der Waals surface area contributed by atoms with Crippen LogP contribution >= 0.6 is 0 Å². The molecule has 130 valence electrons. The first-order valence-corrected chi connectivity index (χ1v) is 8.98. The zero-order valence-corrected chi connectivity index (χ0v) is 16.1. The van der Waals surface area contributed by atoms with Gasteiger partial charge in [-0.25, -0.2) is 0 Å². The lowest BCUT2D eigenvalue weighted by atomic mass is 9.54. The second-order valence-electron chi connectivity index (χ2n) is 8.69. The Morgan fingerprint density at radius 3 is 2.17 bits per heavy atom. The lowest BCUT2D eigenvalue weighted by Gasteiger charge is -2.39. The maximum atomic E-state index is 12.7. The summed E-state index contributed by atoms with van der Waals surface area (Å²) in [6.07, 6.45) is 1.25. The molecule has 2 unspecified atom stereocenters. The number of benzene rings is 1. The highest BCUT2D eigenvalue weighted by Crippen LogP contribution is 2.44. The molecule has 3 nitrogen and oxygen atoms in total. The summed E-state index contributed by atoms with van der Waals surface area (Å²) in [5, 5.41) is 0.120. The molecule has 0 radical (unpaired) electrons. The topological polar surface area (TPSA) is 37.4 Å². The third-order valence-electron chi connectivity index (χ3n) is 6.23. The van der Waals surface area contributed by atoms with Crippen LogP contribution in [0.3, 0.4) is 0 Å². The summed E-state index contributed by atoms with van der Waals surface area (Å²) < 4.78 is 0. The normalized spacial score (nSPS) is 20.6. The van der Waals surface area contributed by atoms with Crippen LogP contribution in [0.1, 0.15) is 59.9 Å². The summed E-state index contributed by atoms with van der Waals surface area (Å²) in [4.78, 5) is 26.4. The first-order valence-electron chi connectivity index (χ1n) is 8.98. The highest BCUT2D eigenvalue weighted by atomic mass is 16.2. The van der Waals surface area contributed by atoms with Crippen LogP contribution in [0, 0.1) is 11.8 Å². The summed E-state index contributed by atoms with van der Waals surface area (Å²) in [5.74, 6) is -0.0518. The Balaban J connectivity index is 2.29. The van der Waals surface area contributed by atoms with Gasteiger partial charge in [-0.3, -0.25) is 14.5 Å². The van der Waals surface area contributed by atoms with E-state index in [2.05, 4.69) is 54.6 Å². The fourth-order valence-corrected chi connectivity index (χ4v) is 3.12. The second-order valence-corrected chi connectivity index (χ2v) is 8.69. The van der Waals surface area contributed by atoms with Crippen molar-refractivity contribution in [1.29, 1.82) is 0 Å². The number of imide groups is 1. The molecule has 2 atom stereocenters. The largest absolute Gasteiger partial charge is 0.274 e. The van der Waals surface area contributed by atoms with E-state index in [0.717, 1.165) is 6.42 Å². The van der Waals surface area contributed by atoms with Crippen LogP contribution in [-0.4, -0.2) is 19.7 Å². The van der Waals surface area contributed by atoms with Crippen molar-refractivity contribution in [2.75, 3.05) is 4.90 Å². The number of hydrogen-bond acceptors (Lipinski definition) is 2. The fourth-order valence-electron chi connectivity index (χ4n) is 3.12. The van der Waals surface area contributed by atoms with Crippen LogP contribution in [0.2, 0.25) is 5.31 Å². The van der Waals surface area contributed by atoms with Crippen molar-refractivity contribution in [1.82, 2.24) is 0 Å². The van der Waals surface area contributed by atoms with Crippen LogP contribution in [0.4, 0.5) is 5.69 Å². The summed E-state index contributed by atoms with van der Waals surface area (Å²) >= 11 is 0. The Morgan fingerprint density at radius 2 is 1.71 bits per heavy atom. The minimum absolute atomic E-state index is 0.00379. The van der Waals surface area contributed by atoms with Crippen molar-refractivity contribution in [3.63, 3.8) is 0 Å². The van der Waals surface area contributed by atoms with E-state index in [1.54, 1.807) is 0 Å². The predicted molar refractivity (Wildman–Crippen MR) is 102 cm³/mol. The van der Waals surface area contributed by atoms with Gasteiger partial charge in [-0.1, -0.05) is 65.4 Å². The minimum Gasteiger partial charge on any atom is -0.274 e. The first kappa shape index (κ1) is 18.8. The zero-order chi connectivity index (χ0) is 18.3. The molecular weight excluding hydrogens is 297 g/mol. The fraction of sp³-hybridized carbons (Fsp3) is 0.600. The lowest BCUT2D eigenvalue weighted by Crippen LogP contribution is -2.33. The molecule has 1 heterocycles. The Labute approximate surface area is 147 Å². The third kappa shape index (κ3) is 3.15. The molecule has 1 aliphatic heterocycles. The van der Waals surface area contributed by atoms with Gasteiger partial charge in [0, 0.05) is 6.42 Å². The van der Waals surface area contributed by atoms with E-state index in [4.69, 9.17) is 0 Å². The molecule has 1 aliphatic rings. The quantitative estimate of drug-likeness (QED) is 0.610. The van der Waals surface area contributed by atoms with Crippen LogP contribution in [0.5, 0.6) is 0 Å². The monoisotopic (exact) mass is 327 g/mol. The molecule has 1 aromatic rings. The molecule has 0 spiro atoms. The smallest absolute Gasteiger partial charge is 0.237 e. The second kappa shape index (κ2) is 6.38. The molecule has 0 aromatic heterocycles. The van der Waals surface area contributed by atoms with Gasteiger partial charge in [0.1, 0.15) is 7.85 Å². The van der Waals surface area contributed by atoms with Crippen molar-refractivity contribution in [3.8, 4) is 0 Å². The van der Waals surface area contributed by atoms with E-state index >= 15 is 0 Å². The average Bonchev–Trinajstić information content (AvgIpc) is 2.80. The van der Waals surface area contributed by atoms with E-state index in [1.807, 2.05) is 19.1 Å². The van der Waals surface area contributed by atoms with Crippen LogP contribution < -0.4 is 4.90 Å². The number of nitrogens with zero attached hydrogens (tertiary/aromatic N) is 1. The number of rotatable bonds is 5. The molecule has 24 heavy (non-hydrogen) atoms. The third-order valence-corrected chi connectivity index (χ3v) is 6.23. The molecule has 0 bridgehead atoms. The summed E-state index contributed by atoms with van der Waals surface area (Å²) in [7, 11) is 2.23. The SMILES string of the molecule is BC(C)(C)C(C)(C)c1ccc(N2C(=O)CC(C(C)CC)C2=O)cc1. The Hall–Kier alpha value is -1.58. The highest BCUT2D eigenvalue weighted by molar-refractivity contribution is 6.21. The van der Waals surface area contributed by atoms with Crippen molar-refractivity contribution < 1.29 is 9.59 Å². The van der Waals surface area contributed by atoms with Crippen molar-refractivity contribution in [2.24, 2.45) is 11.8 Å². The summed E-state index contributed by atoms with van der Waals surface area (Å²) in [5.41, 5.74) is 1.92. The van der Waals surface area contributed by atoms with Gasteiger partial charge in [-0.05, 0) is 29.0 Å². The molecule has 0 N–H and O–H groups in total. The Morgan fingerprint density at radius 1 is 1.17 bits per heavy atom. The minimum atomic E-state index is -0.173. The molecule has 2 amide bonds. The maximum absolute atomic E-state index is 12.7. The van der Waals surface area contributed by atoms with Crippen molar-refractivity contribution in [3.05, 3.63) is 29.8 Å². The van der Waals surface area contributed by atoms with E-state index in [-0.39, 0.29) is 34.4 Å². The Bertz CT molecular complexity index is 628. The van der Waals surface area contributed by atoms with Crippen molar-refractivity contribution in [2.45, 2.75) is 65.1 Å². The number of anilines is 1. The molecule has 2 rings (SSSR count). The van der Waals surface area contributed by atoms with Gasteiger partial charge in [0.25, 0.3) is 0 Å². The van der Waals surface area contributed by atoms with Crippen LogP contribution in [-0.2, 0) is 15.0 Å². The van der Waals surface area contributed by atoms with E-state index in [0.29, 0.717) is 12.1 Å². The number of carbonyl (C=O) groups excluding carboxylic acids is 2. The number of hydrogen-bond donors (Lipinski definition) is 0. The molecule has 0 aliphatic carbocycles. The van der Waals surface area contributed by atoms with Crippen molar-refractivity contribution >= 4 is 25.3 Å². The van der Waals surface area contributed by atoms with E-state index < -0.39 is 0 Å². The molecule has 1 fully saturated rings. The zero-order valence-electron chi connectivity index (χ0n) is 16.1. The van der Waals surface area contributed by atoms with Gasteiger partial charge in [0.2, 0.25) is 11.8 Å². The number of amides is 2. The molecule has 0 saturated carbocycles. The van der Waals surface area contributed by atoms with Gasteiger partial charge in [-0.2, -0.15) is 0 Å². The van der Waals surface area contributed by atoms with Crippen LogP contribution in [0.25, 0.3) is 0 Å². The Kier molecular flexibility index (Phi) is 4.99. The summed E-state index contributed by atoms with van der Waals surface area (Å²) in [6.45, 7) is 13.0. The van der Waals surface area contributed by atoms with Gasteiger partial charge in [0.05, 0.1) is 11.6 Å². The average molecular weight is 327 g/mol. The highest BCUT2D eigenvalue weighted by Gasteiger charge is 2.42. The van der Waals surface area contributed by atoms with Gasteiger partial charge in [-0.15, -0.1) is 0 Å². The standard InChI is InChI=1S/C20H30BNO2/c1-7-13(2)16-12-17(23)22(18(16)24)15-10-8-14(9-11-15)19(3,4)20(5,6)21/h8-11,13,16H,7,12,21H2,1-6H3. The van der Waals surface area contributed by atoms with Gasteiger partial charge < -0.3 is 0 Å². The van der Waals surface area contributed by atoms with E-state index in [9.17, 15) is 9.59 Å². The van der Waals surface area contributed by atoms with E-state index in [1.165, 1.54) is 10.5 Å². The van der Waals surface area contributed by atoms with Gasteiger partial charge in [0.15, 0.2) is 0 Å². The number of carbonyl (C=O) groups is 2. The predicted octanol–water partition coefficient (Wildman–Crippen LogP) is 3.72. The van der Waals surface area contributed by atoms with Crippen LogP contribution in [0.15, 0.2) is 24.3 Å². The van der Waals surface area contributed by atoms with Gasteiger partial charge >= 0.3 is 0 Å². The lowest BCUT2D eigenvalue weighted by molar-refractivity contribution is -0.122. The molecule has 4 heteroatoms. The molecule has 1 aromatic carbocycles. The molecular formula is C20H30BNO2.